The number of carbonyl (C=O) groups is 3. The van der Waals surface area contributed by atoms with Crippen molar-refractivity contribution < 1.29 is 14.4 Å². The Labute approximate surface area is 197 Å². The summed E-state index contributed by atoms with van der Waals surface area (Å²) in [6, 6.07) is 9.34. The van der Waals surface area contributed by atoms with Gasteiger partial charge in [0, 0.05) is 25.0 Å². The molecule has 180 valence electrons. The van der Waals surface area contributed by atoms with Crippen LogP contribution in [0.1, 0.15) is 56.9 Å². The summed E-state index contributed by atoms with van der Waals surface area (Å²) < 4.78 is 0. The number of benzene rings is 1. The molecule has 2 saturated heterocycles. The van der Waals surface area contributed by atoms with Crippen molar-refractivity contribution in [1.82, 2.24) is 20.4 Å². The third kappa shape index (κ3) is 6.34. The molecule has 3 unspecified atom stereocenters. The molecule has 3 atom stereocenters. The standard InChI is InChI=1S/C26H38N4O3/c31-24(27-14-8-17-29-15-6-1-2-7-16-29)21-11-12-22-23(19-21)28-26(33)30(25(22)32)18-13-20-9-4-3-5-10-20/h3-5,9-10,21-23H,1-2,6-8,11-19H2,(H,27,31)(H,28,33). The number of likely N-dealkylation sites (tertiary alicyclic amines) is 1. The number of carbonyl (C=O) groups excluding carboxylic acids is 3. The van der Waals surface area contributed by atoms with Crippen molar-refractivity contribution in [1.29, 1.82) is 0 Å². The van der Waals surface area contributed by atoms with Gasteiger partial charge in [-0.3, -0.25) is 14.5 Å². The molecule has 7 nitrogen and oxygen atoms in total. The Morgan fingerprint density at radius 3 is 2.52 bits per heavy atom. The third-order valence-electron chi connectivity index (χ3n) is 7.47. The van der Waals surface area contributed by atoms with Gasteiger partial charge in [0.25, 0.3) is 0 Å². The molecule has 0 radical (unpaired) electrons. The Kier molecular flexibility index (Phi) is 8.37. The summed E-state index contributed by atoms with van der Waals surface area (Å²) in [5.41, 5.74) is 1.11. The molecular formula is C26H38N4O3. The summed E-state index contributed by atoms with van der Waals surface area (Å²) in [4.78, 5) is 42.2. The fourth-order valence-electron chi connectivity index (χ4n) is 5.52. The molecule has 4 rings (SSSR count). The van der Waals surface area contributed by atoms with Crippen LogP contribution in [0.4, 0.5) is 4.79 Å². The van der Waals surface area contributed by atoms with Crippen molar-refractivity contribution in [3.8, 4) is 0 Å². The number of nitrogens with zero attached hydrogens (tertiary/aromatic N) is 2. The zero-order valence-corrected chi connectivity index (χ0v) is 19.6. The first-order valence-corrected chi connectivity index (χ1v) is 12.8. The van der Waals surface area contributed by atoms with Crippen LogP contribution in [0.2, 0.25) is 0 Å². The quantitative estimate of drug-likeness (QED) is 0.592. The maximum Gasteiger partial charge on any atom is 0.324 e. The number of fused-ring (bicyclic) bond motifs is 1. The number of rotatable bonds is 8. The molecule has 2 aliphatic heterocycles. The number of hydrogen-bond donors (Lipinski definition) is 2. The van der Waals surface area contributed by atoms with Gasteiger partial charge >= 0.3 is 6.03 Å². The SMILES string of the molecule is O=C(NCCCN1CCCCCC1)C1CCC2C(=O)N(CCc3ccccc3)C(=O)NC2C1. The van der Waals surface area contributed by atoms with E-state index in [0.29, 0.717) is 38.8 Å². The van der Waals surface area contributed by atoms with Crippen molar-refractivity contribution in [2.24, 2.45) is 11.8 Å². The largest absolute Gasteiger partial charge is 0.356 e. The van der Waals surface area contributed by atoms with E-state index in [-0.39, 0.29) is 35.7 Å². The number of urea groups is 1. The topological polar surface area (TPSA) is 81.8 Å². The number of nitrogens with one attached hydrogen (secondary N) is 2. The predicted molar refractivity (Wildman–Crippen MR) is 128 cm³/mol. The Morgan fingerprint density at radius 2 is 1.76 bits per heavy atom. The van der Waals surface area contributed by atoms with Gasteiger partial charge in [-0.15, -0.1) is 0 Å². The minimum absolute atomic E-state index is 0.0671. The average molecular weight is 455 g/mol. The molecule has 0 spiro atoms. The zero-order valence-electron chi connectivity index (χ0n) is 19.6. The summed E-state index contributed by atoms with van der Waals surface area (Å²) in [5.74, 6) is -0.368. The van der Waals surface area contributed by atoms with E-state index in [9.17, 15) is 14.4 Å². The summed E-state index contributed by atoms with van der Waals surface area (Å²) in [6.45, 7) is 4.47. The predicted octanol–water partition coefficient (Wildman–Crippen LogP) is 2.95. The van der Waals surface area contributed by atoms with Crippen LogP contribution in [-0.4, -0.2) is 66.4 Å². The van der Waals surface area contributed by atoms with Gasteiger partial charge in [-0.25, -0.2) is 4.79 Å². The molecule has 3 aliphatic rings. The van der Waals surface area contributed by atoms with Crippen molar-refractivity contribution in [2.45, 2.75) is 63.8 Å². The summed E-state index contributed by atoms with van der Waals surface area (Å²) in [7, 11) is 0. The van der Waals surface area contributed by atoms with Crippen LogP contribution < -0.4 is 10.6 Å². The first kappa shape index (κ1) is 23.7. The first-order chi connectivity index (χ1) is 16.1. The lowest BCUT2D eigenvalue weighted by Gasteiger charge is -2.42. The first-order valence-electron chi connectivity index (χ1n) is 12.8. The van der Waals surface area contributed by atoms with E-state index in [4.69, 9.17) is 0 Å². The lowest BCUT2D eigenvalue weighted by atomic mass is 9.76. The van der Waals surface area contributed by atoms with Crippen LogP contribution >= 0.6 is 0 Å². The highest BCUT2D eigenvalue weighted by molar-refractivity contribution is 5.99. The third-order valence-corrected chi connectivity index (χ3v) is 7.47. The van der Waals surface area contributed by atoms with Crippen LogP contribution in [0.15, 0.2) is 30.3 Å². The molecule has 2 N–H and O–H groups in total. The number of amides is 4. The second kappa shape index (κ2) is 11.6. The summed E-state index contributed by atoms with van der Waals surface area (Å²) >= 11 is 0. The van der Waals surface area contributed by atoms with Crippen molar-refractivity contribution >= 4 is 17.8 Å². The van der Waals surface area contributed by atoms with Gasteiger partial charge in [-0.2, -0.15) is 0 Å². The van der Waals surface area contributed by atoms with E-state index >= 15 is 0 Å². The second-order valence-electron chi connectivity index (χ2n) is 9.80. The van der Waals surface area contributed by atoms with E-state index in [2.05, 4.69) is 15.5 Å². The molecule has 1 aromatic carbocycles. The fourth-order valence-corrected chi connectivity index (χ4v) is 5.52. The maximum atomic E-state index is 13.0. The van der Waals surface area contributed by atoms with Crippen LogP contribution in [0.3, 0.4) is 0 Å². The monoisotopic (exact) mass is 454 g/mol. The highest BCUT2D eigenvalue weighted by atomic mass is 16.2. The number of imide groups is 1. The van der Waals surface area contributed by atoms with Crippen LogP contribution in [-0.2, 0) is 16.0 Å². The normalized spacial score (nSPS) is 26.3. The van der Waals surface area contributed by atoms with Crippen molar-refractivity contribution in [3.63, 3.8) is 0 Å². The fraction of sp³-hybridized carbons (Fsp3) is 0.654. The van der Waals surface area contributed by atoms with Gasteiger partial charge in [0.05, 0.1) is 5.92 Å². The van der Waals surface area contributed by atoms with Crippen LogP contribution in [0.5, 0.6) is 0 Å². The molecule has 2 heterocycles. The van der Waals surface area contributed by atoms with E-state index < -0.39 is 0 Å². The Bertz CT molecular complexity index is 807. The average Bonchev–Trinajstić information content (AvgIpc) is 3.11. The Hall–Kier alpha value is -2.41. The van der Waals surface area contributed by atoms with E-state index in [1.54, 1.807) is 0 Å². The molecule has 0 aromatic heterocycles. The highest BCUT2D eigenvalue weighted by Gasteiger charge is 2.45. The van der Waals surface area contributed by atoms with E-state index in [1.807, 2.05) is 30.3 Å². The van der Waals surface area contributed by atoms with Crippen LogP contribution in [0, 0.1) is 11.8 Å². The van der Waals surface area contributed by atoms with Gasteiger partial charge in [0.15, 0.2) is 0 Å². The molecule has 1 aromatic rings. The lowest BCUT2D eigenvalue weighted by Crippen LogP contribution is -2.62. The molecule has 1 aliphatic carbocycles. The maximum absolute atomic E-state index is 13.0. The molecular weight excluding hydrogens is 416 g/mol. The van der Waals surface area contributed by atoms with Gasteiger partial charge < -0.3 is 15.5 Å². The van der Waals surface area contributed by atoms with E-state index in [1.165, 1.54) is 43.7 Å². The van der Waals surface area contributed by atoms with Crippen LogP contribution in [0.25, 0.3) is 0 Å². The molecule has 4 amide bonds. The molecule has 1 saturated carbocycles. The second-order valence-corrected chi connectivity index (χ2v) is 9.80. The Morgan fingerprint density at radius 1 is 1.00 bits per heavy atom. The van der Waals surface area contributed by atoms with Crippen molar-refractivity contribution in [2.75, 3.05) is 32.7 Å². The van der Waals surface area contributed by atoms with Gasteiger partial charge in [0.2, 0.25) is 11.8 Å². The molecule has 0 bridgehead atoms. The minimum atomic E-state index is -0.323. The summed E-state index contributed by atoms with van der Waals surface area (Å²) in [6.07, 6.45) is 8.76. The smallest absolute Gasteiger partial charge is 0.324 e. The van der Waals surface area contributed by atoms with Crippen molar-refractivity contribution in [3.05, 3.63) is 35.9 Å². The highest BCUT2D eigenvalue weighted by Crippen LogP contribution is 2.33. The molecule has 33 heavy (non-hydrogen) atoms. The summed E-state index contributed by atoms with van der Waals surface area (Å²) in [5, 5.41) is 6.11. The molecule has 3 fully saturated rings. The van der Waals surface area contributed by atoms with Gasteiger partial charge in [0.1, 0.15) is 0 Å². The molecule has 7 heteroatoms. The Balaban J connectivity index is 1.20. The van der Waals surface area contributed by atoms with E-state index in [0.717, 1.165) is 18.5 Å². The zero-order chi connectivity index (χ0) is 23.0. The van der Waals surface area contributed by atoms with Gasteiger partial charge in [-0.1, -0.05) is 43.2 Å². The minimum Gasteiger partial charge on any atom is -0.356 e. The lowest BCUT2D eigenvalue weighted by molar-refractivity contribution is -0.139. The van der Waals surface area contributed by atoms with Gasteiger partial charge in [-0.05, 0) is 70.1 Å². The number of hydrogen-bond acceptors (Lipinski definition) is 4.